The van der Waals surface area contributed by atoms with Gasteiger partial charge in [-0.15, -0.1) is 0 Å². The summed E-state index contributed by atoms with van der Waals surface area (Å²) in [5.41, 5.74) is 20.6. The molecule has 12 rings (SSSR count). The zero-order chi connectivity index (χ0) is 35.3. The Kier molecular flexibility index (Phi) is 6.15. The predicted molar refractivity (Wildman–Crippen MR) is 230 cm³/mol. The van der Waals surface area contributed by atoms with Crippen LogP contribution in [0.1, 0.15) is 0 Å². The van der Waals surface area contributed by atoms with E-state index in [4.69, 9.17) is 0 Å². The van der Waals surface area contributed by atoms with Crippen LogP contribution in [0.5, 0.6) is 0 Å². The van der Waals surface area contributed by atoms with Gasteiger partial charge in [-0.3, -0.25) is 0 Å². The summed E-state index contributed by atoms with van der Waals surface area (Å²) < 4.78 is 0. The monoisotopic (exact) mass is 680 g/mol. The molecule has 0 amide bonds. The number of rotatable bonds is 4. The van der Waals surface area contributed by atoms with Crippen LogP contribution in [0.2, 0.25) is 0 Å². The van der Waals surface area contributed by atoms with Crippen molar-refractivity contribution < 1.29 is 0 Å². The molecule has 0 radical (unpaired) electrons. The molecule has 2 aliphatic rings. The molecular weight excluding hydrogens is 649 g/mol. The summed E-state index contributed by atoms with van der Waals surface area (Å²) in [6, 6.07) is 72.2. The minimum atomic E-state index is 1.23. The summed E-state index contributed by atoms with van der Waals surface area (Å²) in [7, 11) is 0. The van der Waals surface area contributed by atoms with Crippen molar-refractivity contribution in [3.63, 3.8) is 0 Å². The van der Waals surface area contributed by atoms with Crippen molar-refractivity contribution in [3.05, 3.63) is 194 Å². The lowest BCUT2D eigenvalue weighted by Crippen LogP contribution is -1.94. The van der Waals surface area contributed by atoms with Crippen LogP contribution in [-0.4, -0.2) is 0 Å². The van der Waals surface area contributed by atoms with Crippen molar-refractivity contribution in [2.24, 2.45) is 0 Å². The smallest absolute Gasteiger partial charge is 0.000741 e. The predicted octanol–water partition coefficient (Wildman–Crippen LogP) is 15.1. The van der Waals surface area contributed by atoms with Crippen LogP contribution in [0.3, 0.4) is 0 Å². The van der Waals surface area contributed by atoms with Crippen molar-refractivity contribution in [3.8, 4) is 89.0 Å². The normalized spacial score (nSPS) is 12.1. The second kappa shape index (κ2) is 11.2. The average Bonchev–Trinajstić information content (AvgIpc) is 3.75. The first-order valence-electron chi connectivity index (χ1n) is 18.9. The first-order chi connectivity index (χ1) is 26.8. The standard InChI is InChI=1S/C54H32/c1-4-14-33(15-5-1)39-28-29-46-52-42(39)24-13-25-45(52)53-51(35-18-8-3-9-19-35)48-31-36(26-27-44(48)50(54(46)53)34-16-6-2-7-17-34)38-30-37-20-12-23-43-40-21-10-11-22-41(40)47(32-38)49(37)43/h1-32H. The second-order valence-corrected chi connectivity index (χ2v) is 14.7. The molecule has 0 heterocycles. The summed E-state index contributed by atoms with van der Waals surface area (Å²) in [6.45, 7) is 0. The maximum absolute atomic E-state index is 2.47. The SMILES string of the molecule is c1ccc(-c2c3c(c(-c4ccccc4)c4cc(-c5cc6c7c(cccc7c5)-c5ccccc5-6)ccc24)-c2cccc4c(-c5ccccc5)ccc-3c24)cc1. The molecule has 0 spiro atoms. The summed E-state index contributed by atoms with van der Waals surface area (Å²) in [5.74, 6) is 0. The lowest BCUT2D eigenvalue weighted by atomic mass is 9.81. The minimum absolute atomic E-state index is 1.23. The van der Waals surface area contributed by atoms with Gasteiger partial charge in [0, 0.05) is 0 Å². The zero-order valence-electron chi connectivity index (χ0n) is 29.5. The fourth-order valence-corrected chi connectivity index (χ4v) is 9.69. The van der Waals surface area contributed by atoms with E-state index in [9.17, 15) is 0 Å². The molecule has 0 atom stereocenters. The Labute approximate surface area is 314 Å². The zero-order valence-corrected chi connectivity index (χ0v) is 29.5. The van der Waals surface area contributed by atoms with Gasteiger partial charge in [-0.2, -0.15) is 0 Å². The molecule has 0 saturated carbocycles. The molecule has 0 heteroatoms. The lowest BCUT2D eigenvalue weighted by Gasteiger charge is -2.21. The Bertz CT molecular complexity index is 3170. The van der Waals surface area contributed by atoms with E-state index in [0.29, 0.717) is 0 Å². The molecule has 0 saturated heterocycles. The average molecular weight is 681 g/mol. The molecule has 248 valence electrons. The molecule has 10 aromatic carbocycles. The highest BCUT2D eigenvalue weighted by molar-refractivity contribution is 6.29. The van der Waals surface area contributed by atoms with E-state index in [-0.39, 0.29) is 0 Å². The minimum Gasteiger partial charge on any atom is -0.0622 e. The maximum Gasteiger partial charge on any atom is -0.000741 e. The van der Waals surface area contributed by atoms with Gasteiger partial charge in [-0.05, 0) is 140 Å². The number of benzene rings is 10. The first-order valence-corrected chi connectivity index (χ1v) is 18.9. The maximum atomic E-state index is 2.47. The number of hydrogen-bond acceptors (Lipinski definition) is 0. The van der Waals surface area contributed by atoms with Crippen molar-refractivity contribution in [1.29, 1.82) is 0 Å². The molecule has 0 bridgehead atoms. The van der Waals surface area contributed by atoms with Gasteiger partial charge >= 0.3 is 0 Å². The highest BCUT2D eigenvalue weighted by Gasteiger charge is 2.31. The molecular formula is C54H32. The van der Waals surface area contributed by atoms with Gasteiger partial charge < -0.3 is 0 Å². The van der Waals surface area contributed by atoms with Crippen LogP contribution in [-0.2, 0) is 0 Å². The largest absolute Gasteiger partial charge is 0.0622 e. The van der Waals surface area contributed by atoms with E-state index < -0.39 is 0 Å². The van der Waals surface area contributed by atoms with Crippen LogP contribution >= 0.6 is 0 Å². The number of fused-ring (bicyclic) bond motifs is 7. The van der Waals surface area contributed by atoms with Crippen LogP contribution in [0, 0.1) is 0 Å². The second-order valence-electron chi connectivity index (χ2n) is 14.7. The Hall–Kier alpha value is -7.02. The summed E-state index contributed by atoms with van der Waals surface area (Å²) in [6.07, 6.45) is 0. The van der Waals surface area contributed by atoms with E-state index in [1.54, 1.807) is 0 Å². The van der Waals surface area contributed by atoms with Crippen LogP contribution < -0.4 is 0 Å². The fourth-order valence-electron chi connectivity index (χ4n) is 9.69. The van der Waals surface area contributed by atoms with Gasteiger partial charge in [-0.25, -0.2) is 0 Å². The van der Waals surface area contributed by atoms with E-state index in [0.717, 1.165) is 0 Å². The van der Waals surface area contributed by atoms with Crippen LogP contribution in [0.15, 0.2) is 194 Å². The van der Waals surface area contributed by atoms with E-state index in [2.05, 4.69) is 194 Å². The molecule has 0 aromatic heterocycles. The molecule has 0 fully saturated rings. The summed E-state index contributed by atoms with van der Waals surface area (Å²) in [5, 5.41) is 7.83. The molecule has 0 aliphatic heterocycles. The molecule has 0 N–H and O–H groups in total. The Morgan fingerprint density at radius 2 is 0.759 bits per heavy atom. The van der Waals surface area contributed by atoms with Crippen molar-refractivity contribution in [1.82, 2.24) is 0 Å². The molecule has 10 aromatic rings. The van der Waals surface area contributed by atoms with Gasteiger partial charge in [-0.1, -0.05) is 176 Å². The first kappa shape index (κ1) is 29.5. The quantitative estimate of drug-likeness (QED) is 0.174. The molecule has 0 unspecified atom stereocenters. The fraction of sp³-hybridized carbons (Fsp3) is 0. The van der Waals surface area contributed by atoms with Gasteiger partial charge in [0.25, 0.3) is 0 Å². The van der Waals surface area contributed by atoms with Gasteiger partial charge in [0.15, 0.2) is 0 Å². The third-order valence-corrected chi connectivity index (χ3v) is 11.9. The van der Waals surface area contributed by atoms with Crippen molar-refractivity contribution in [2.45, 2.75) is 0 Å². The number of hydrogen-bond donors (Lipinski definition) is 0. The van der Waals surface area contributed by atoms with Gasteiger partial charge in [0.1, 0.15) is 0 Å². The van der Waals surface area contributed by atoms with Gasteiger partial charge in [0.2, 0.25) is 0 Å². The Morgan fingerprint density at radius 3 is 1.48 bits per heavy atom. The third-order valence-electron chi connectivity index (χ3n) is 11.9. The van der Waals surface area contributed by atoms with Crippen molar-refractivity contribution in [2.75, 3.05) is 0 Å². The highest BCUT2D eigenvalue weighted by Crippen LogP contribution is 2.59. The molecule has 2 aliphatic carbocycles. The van der Waals surface area contributed by atoms with E-state index in [1.165, 1.54) is 121 Å². The Morgan fingerprint density at radius 1 is 0.204 bits per heavy atom. The topological polar surface area (TPSA) is 0 Å². The van der Waals surface area contributed by atoms with E-state index >= 15 is 0 Å². The molecule has 0 nitrogen and oxygen atoms in total. The summed E-state index contributed by atoms with van der Waals surface area (Å²) >= 11 is 0. The van der Waals surface area contributed by atoms with Crippen LogP contribution in [0.4, 0.5) is 0 Å². The molecule has 54 heavy (non-hydrogen) atoms. The van der Waals surface area contributed by atoms with Crippen molar-refractivity contribution >= 4 is 32.3 Å². The third kappa shape index (κ3) is 4.08. The Balaban J connectivity index is 1.20. The van der Waals surface area contributed by atoms with Gasteiger partial charge in [0.05, 0.1) is 0 Å². The van der Waals surface area contributed by atoms with E-state index in [1.807, 2.05) is 0 Å². The lowest BCUT2D eigenvalue weighted by molar-refractivity contribution is 1.61. The van der Waals surface area contributed by atoms with Crippen LogP contribution in [0.25, 0.3) is 121 Å². The highest BCUT2D eigenvalue weighted by atomic mass is 14.3. The summed E-state index contributed by atoms with van der Waals surface area (Å²) in [4.78, 5) is 0.